The van der Waals surface area contributed by atoms with Gasteiger partial charge in [-0.2, -0.15) is 0 Å². The van der Waals surface area contributed by atoms with Crippen LogP contribution >= 0.6 is 0 Å². The maximum absolute atomic E-state index is 13.2. The molecule has 1 aromatic heterocycles. The van der Waals surface area contributed by atoms with Crippen molar-refractivity contribution >= 4 is 32.8 Å². The Morgan fingerprint density at radius 3 is 2.53 bits per heavy atom. The Morgan fingerprint density at radius 1 is 1.08 bits per heavy atom. The van der Waals surface area contributed by atoms with Gasteiger partial charge in [0, 0.05) is 35.9 Å². The van der Waals surface area contributed by atoms with Gasteiger partial charge in [0.25, 0.3) is 5.91 Å². The quantitative estimate of drug-likeness (QED) is 0.461. The zero-order valence-corrected chi connectivity index (χ0v) is 22.7. The number of carbonyl (C=O) groups excluding carboxylic acids is 2. The van der Waals surface area contributed by atoms with E-state index in [1.54, 1.807) is 19.2 Å². The van der Waals surface area contributed by atoms with Gasteiger partial charge in [-0.15, -0.1) is 0 Å². The molecular weight excluding hydrogens is 504 g/mol. The van der Waals surface area contributed by atoms with Crippen LogP contribution in [0.4, 0.5) is 0 Å². The summed E-state index contributed by atoms with van der Waals surface area (Å²) < 4.78 is 38.7. The first-order valence-corrected chi connectivity index (χ1v) is 15.0. The van der Waals surface area contributed by atoms with Crippen molar-refractivity contribution in [2.75, 3.05) is 20.5 Å². The predicted octanol–water partition coefficient (Wildman–Crippen LogP) is 4.96. The van der Waals surface area contributed by atoms with Gasteiger partial charge in [0.2, 0.25) is 10.0 Å². The normalized spacial score (nSPS) is 22.6. The monoisotopic (exact) mass is 538 g/mol. The molecule has 0 radical (unpaired) electrons. The van der Waals surface area contributed by atoms with Crippen molar-refractivity contribution in [2.24, 2.45) is 5.41 Å². The molecule has 8 nitrogen and oxygen atoms in total. The first kappa shape index (κ1) is 25.0. The molecule has 0 saturated heterocycles. The Morgan fingerprint density at radius 2 is 1.84 bits per heavy atom. The first-order valence-electron chi connectivity index (χ1n) is 13.1. The second-order valence-corrected chi connectivity index (χ2v) is 12.7. The fourth-order valence-electron chi connectivity index (χ4n) is 6.84. The summed E-state index contributed by atoms with van der Waals surface area (Å²) >= 11 is 0. The van der Waals surface area contributed by atoms with E-state index in [1.807, 2.05) is 18.2 Å². The number of hydrogen-bond acceptors (Lipinski definition) is 6. The lowest BCUT2D eigenvalue weighted by atomic mass is 9.81. The minimum atomic E-state index is -3.71. The highest BCUT2D eigenvalue weighted by atomic mass is 32.2. The fraction of sp³-hybridized carbons (Fsp3) is 0.448. The number of sulfonamides is 1. The Kier molecular flexibility index (Phi) is 5.83. The van der Waals surface area contributed by atoms with E-state index in [0.717, 1.165) is 65.4 Å². The summed E-state index contributed by atoms with van der Waals surface area (Å²) in [6, 6.07) is 11.5. The van der Waals surface area contributed by atoms with Crippen LogP contribution in [-0.4, -0.2) is 45.3 Å². The molecule has 3 aromatic rings. The van der Waals surface area contributed by atoms with Gasteiger partial charge in [0.15, 0.2) is 0 Å². The van der Waals surface area contributed by atoms with Gasteiger partial charge in [-0.3, -0.25) is 9.59 Å². The number of methoxy groups -OCH3 is 2. The lowest BCUT2D eigenvalue weighted by molar-refractivity contribution is -0.147. The summed E-state index contributed by atoms with van der Waals surface area (Å²) in [5.74, 6) is 0.201. The molecule has 2 unspecified atom stereocenters. The highest BCUT2D eigenvalue weighted by Crippen LogP contribution is 2.65. The van der Waals surface area contributed by atoms with Gasteiger partial charge in [0.05, 0.1) is 31.6 Å². The molecule has 1 amide bonds. The minimum absolute atomic E-state index is 0. The molecular formula is C29H34N2O6S. The molecule has 2 aromatic carbocycles. The Bertz CT molecular complexity index is 1590. The van der Waals surface area contributed by atoms with Crippen LogP contribution in [0.1, 0.15) is 73.3 Å². The number of benzene rings is 2. The second kappa shape index (κ2) is 8.86. The second-order valence-electron chi connectivity index (χ2n) is 11.0. The van der Waals surface area contributed by atoms with Crippen molar-refractivity contribution in [3.63, 3.8) is 0 Å². The maximum Gasteiger partial charge on any atom is 0.314 e. The summed E-state index contributed by atoms with van der Waals surface area (Å²) in [5, 5.41) is 1.05. The van der Waals surface area contributed by atoms with Crippen LogP contribution in [0.25, 0.3) is 22.2 Å². The molecule has 3 aliphatic rings. The highest BCUT2D eigenvalue weighted by molar-refractivity contribution is 7.89. The number of ether oxygens (including phenoxy) is 2. The van der Waals surface area contributed by atoms with E-state index in [1.165, 1.54) is 19.1 Å². The zero-order valence-electron chi connectivity index (χ0n) is 21.9. The third-order valence-electron chi connectivity index (χ3n) is 8.65. The molecule has 2 saturated carbocycles. The molecule has 2 atom stereocenters. The van der Waals surface area contributed by atoms with Crippen molar-refractivity contribution in [1.29, 1.82) is 0 Å². The van der Waals surface area contributed by atoms with Crippen LogP contribution < -0.4 is 9.46 Å². The number of fused-ring (bicyclic) bond motifs is 7. The van der Waals surface area contributed by atoms with E-state index in [4.69, 9.17) is 9.47 Å². The third-order valence-corrected chi connectivity index (χ3v) is 9.21. The van der Waals surface area contributed by atoms with Crippen LogP contribution in [-0.2, 0) is 26.1 Å². The molecule has 1 N–H and O–H groups in total. The molecule has 202 valence electrons. The van der Waals surface area contributed by atoms with Gasteiger partial charge < -0.3 is 14.0 Å². The molecule has 1 aliphatic heterocycles. The van der Waals surface area contributed by atoms with Crippen LogP contribution in [0, 0.1) is 5.41 Å². The zero-order chi connectivity index (χ0) is 26.8. The number of carbonyl (C=O) groups is 2. The number of nitrogens with zero attached hydrogens (tertiary/aromatic N) is 1. The standard InChI is InChI=1S/C29H32N2O6S.H2/c1-36-19-10-12-20-22(14-19)23-15-29(23,28(33)37-2)16-31-24-13-18(27(32)30-38(3,34)35)9-11-21(24)25(26(20)31)17-7-5-4-6-8-17;/h9-14,17,23H,4-8,15-16H2,1-3H3,(H,30,32);1H. The molecule has 2 heterocycles. The van der Waals surface area contributed by atoms with Crippen molar-refractivity contribution in [3.8, 4) is 17.0 Å². The molecule has 2 fully saturated rings. The van der Waals surface area contributed by atoms with E-state index in [-0.39, 0.29) is 18.9 Å². The average Bonchev–Trinajstić information content (AvgIpc) is 3.57. The predicted molar refractivity (Wildman–Crippen MR) is 146 cm³/mol. The number of nitrogens with one attached hydrogen (secondary N) is 1. The van der Waals surface area contributed by atoms with E-state index in [0.29, 0.717) is 18.9 Å². The summed E-state index contributed by atoms with van der Waals surface area (Å²) in [5.41, 5.74) is 4.89. The lowest BCUT2D eigenvalue weighted by Gasteiger charge is -2.24. The number of amides is 1. The SMILES string of the molecule is COC(=O)C12CC1c1cc(OC)ccc1-c1c(C3CCCCC3)c3ccc(C(=O)NS(C)(=O)=O)cc3n1C2.[HH]. The van der Waals surface area contributed by atoms with Gasteiger partial charge in [-0.1, -0.05) is 25.3 Å². The molecule has 0 spiro atoms. The van der Waals surface area contributed by atoms with Crippen molar-refractivity contribution in [1.82, 2.24) is 9.29 Å². The van der Waals surface area contributed by atoms with Gasteiger partial charge in [-0.05, 0) is 66.6 Å². The van der Waals surface area contributed by atoms with E-state index in [9.17, 15) is 18.0 Å². The number of hydrogen-bond donors (Lipinski definition) is 1. The Balaban J connectivity index is 0.00000308. The maximum atomic E-state index is 13.2. The van der Waals surface area contributed by atoms with Crippen LogP contribution in [0.2, 0.25) is 0 Å². The average molecular weight is 539 g/mol. The van der Waals surface area contributed by atoms with Crippen LogP contribution in [0.15, 0.2) is 36.4 Å². The molecule has 0 bridgehead atoms. The van der Waals surface area contributed by atoms with Gasteiger partial charge in [0.1, 0.15) is 5.75 Å². The lowest BCUT2D eigenvalue weighted by Crippen LogP contribution is -2.29. The van der Waals surface area contributed by atoms with Crippen LogP contribution in [0.3, 0.4) is 0 Å². The summed E-state index contributed by atoms with van der Waals surface area (Å²) in [7, 11) is -0.637. The molecule has 9 heteroatoms. The van der Waals surface area contributed by atoms with Crippen molar-refractivity contribution in [3.05, 3.63) is 53.1 Å². The molecule has 2 aliphatic carbocycles. The van der Waals surface area contributed by atoms with Crippen molar-refractivity contribution < 1.29 is 28.9 Å². The van der Waals surface area contributed by atoms with E-state index in [2.05, 4.69) is 15.4 Å². The van der Waals surface area contributed by atoms with E-state index < -0.39 is 21.3 Å². The summed E-state index contributed by atoms with van der Waals surface area (Å²) in [6.45, 7) is 0.428. The Labute approximate surface area is 223 Å². The third kappa shape index (κ3) is 3.90. The van der Waals surface area contributed by atoms with Crippen molar-refractivity contribution in [2.45, 2.75) is 56.9 Å². The van der Waals surface area contributed by atoms with Gasteiger partial charge >= 0.3 is 5.97 Å². The fourth-order valence-corrected chi connectivity index (χ4v) is 7.29. The minimum Gasteiger partial charge on any atom is -0.497 e. The Hall–Kier alpha value is -3.33. The topological polar surface area (TPSA) is 104 Å². The van der Waals surface area contributed by atoms with Gasteiger partial charge in [-0.25, -0.2) is 13.1 Å². The first-order chi connectivity index (χ1) is 18.2. The molecule has 6 rings (SSSR count). The largest absolute Gasteiger partial charge is 0.497 e. The number of esters is 1. The molecule has 38 heavy (non-hydrogen) atoms. The van der Waals surface area contributed by atoms with E-state index >= 15 is 0 Å². The summed E-state index contributed by atoms with van der Waals surface area (Å²) in [6.07, 6.45) is 7.35. The number of rotatable bonds is 5. The van der Waals surface area contributed by atoms with Crippen LogP contribution in [0.5, 0.6) is 5.75 Å². The number of aromatic nitrogens is 1. The highest BCUT2D eigenvalue weighted by Gasteiger charge is 2.63. The smallest absolute Gasteiger partial charge is 0.314 e. The summed E-state index contributed by atoms with van der Waals surface area (Å²) in [4.78, 5) is 26.1.